The Morgan fingerprint density at radius 1 is 1.18 bits per heavy atom. The van der Waals surface area contributed by atoms with Crippen LogP contribution < -0.4 is 5.32 Å². The first-order valence-corrected chi connectivity index (χ1v) is 6.10. The molecule has 2 N–H and O–H groups in total. The molecule has 0 aromatic heterocycles. The summed E-state index contributed by atoms with van der Waals surface area (Å²) in [4.78, 5) is 22.6. The number of nitrogens with one attached hydrogen (secondary N) is 1. The Bertz CT molecular complexity index is 335. The van der Waals surface area contributed by atoms with E-state index in [0.717, 1.165) is 12.8 Å². The van der Waals surface area contributed by atoms with Crippen molar-refractivity contribution >= 4 is 11.9 Å². The fraction of sp³-hybridized carbons (Fsp3) is 0.833. The molecule has 0 radical (unpaired) electrons. The van der Waals surface area contributed by atoms with Gasteiger partial charge in [0.2, 0.25) is 5.91 Å². The molecule has 2 atom stereocenters. The lowest BCUT2D eigenvalue weighted by Crippen LogP contribution is -2.49. The van der Waals surface area contributed by atoms with E-state index in [-0.39, 0.29) is 11.4 Å². The summed E-state index contributed by atoms with van der Waals surface area (Å²) in [5.41, 5.74) is -0.207. The lowest BCUT2D eigenvalue weighted by molar-refractivity contribution is -0.152. The van der Waals surface area contributed by atoms with Crippen LogP contribution in [0.3, 0.4) is 0 Å². The van der Waals surface area contributed by atoms with Gasteiger partial charge in [-0.2, -0.15) is 0 Å². The van der Waals surface area contributed by atoms with Crippen molar-refractivity contribution in [2.45, 2.75) is 57.3 Å². The van der Waals surface area contributed by atoms with Crippen LogP contribution in [0.5, 0.6) is 0 Å². The molecule has 1 amide bonds. The molecular weight excluding hydrogens is 222 g/mol. The minimum Gasteiger partial charge on any atom is -0.479 e. The fourth-order valence-corrected chi connectivity index (χ4v) is 2.32. The van der Waals surface area contributed by atoms with Crippen LogP contribution in [0.15, 0.2) is 0 Å². The maximum atomic E-state index is 11.9. The van der Waals surface area contributed by atoms with Crippen LogP contribution in [-0.2, 0) is 14.3 Å². The summed E-state index contributed by atoms with van der Waals surface area (Å²) in [7, 11) is 0. The van der Waals surface area contributed by atoms with Crippen molar-refractivity contribution in [3.63, 3.8) is 0 Å². The highest BCUT2D eigenvalue weighted by atomic mass is 16.5. The number of carboxylic acid groups (broad SMARTS) is 1. The van der Waals surface area contributed by atoms with E-state index in [2.05, 4.69) is 5.32 Å². The van der Waals surface area contributed by atoms with Gasteiger partial charge in [0.1, 0.15) is 6.10 Å². The minimum atomic E-state index is -0.984. The molecule has 0 bridgehead atoms. The van der Waals surface area contributed by atoms with Gasteiger partial charge in [-0.15, -0.1) is 0 Å². The number of aliphatic carboxylic acids is 1. The van der Waals surface area contributed by atoms with E-state index in [4.69, 9.17) is 9.84 Å². The molecule has 5 heteroatoms. The summed E-state index contributed by atoms with van der Waals surface area (Å²) in [5.74, 6) is -0.615. The second-order valence-corrected chi connectivity index (χ2v) is 5.51. The highest BCUT2D eigenvalue weighted by Gasteiger charge is 2.41. The van der Waals surface area contributed by atoms with E-state index in [1.54, 1.807) is 0 Å². The van der Waals surface area contributed by atoms with Crippen molar-refractivity contribution in [2.75, 3.05) is 0 Å². The summed E-state index contributed by atoms with van der Waals surface area (Å²) < 4.78 is 5.22. The van der Waals surface area contributed by atoms with Crippen molar-refractivity contribution in [3.05, 3.63) is 0 Å². The van der Waals surface area contributed by atoms with Crippen LogP contribution in [0.25, 0.3) is 0 Å². The number of ether oxygens (including phenoxy) is 1. The smallest absolute Gasteiger partial charge is 0.332 e. The van der Waals surface area contributed by atoms with Crippen LogP contribution >= 0.6 is 0 Å². The van der Waals surface area contributed by atoms with E-state index in [0.29, 0.717) is 18.8 Å². The van der Waals surface area contributed by atoms with E-state index in [9.17, 15) is 9.59 Å². The minimum absolute atomic E-state index is 0.175. The molecule has 2 fully saturated rings. The fourth-order valence-electron chi connectivity index (χ4n) is 2.32. The lowest BCUT2D eigenvalue weighted by Gasteiger charge is -2.27. The predicted molar refractivity (Wildman–Crippen MR) is 60.5 cm³/mol. The second kappa shape index (κ2) is 4.29. The van der Waals surface area contributed by atoms with Crippen LogP contribution in [0, 0.1) is 5.92 Å². The Kier molecular flexibility index (Phi) is 3.12. The van der Waals surface area contributed by atoms with Crippen LogP contribution in [0.4, 0.5) is 0 Å². The highest BCUT2D eigenvalue weighted by Crippen LogP contribution is 2.39. The first kappa shape index (κ1) is 12.4. The Labute approximate surface area is 101 Å². The molecule has 1 heterocycles. The SMILES string of the molecule is CC(C)(NC(=O)C1CCC(C(=O)O)O1)C1CC1. The zero-order valence-electron chi connectivity index (χ0n) is 10.2. The quantitative estimate of drug-likeness (QED) is 0.767. The molecule has 1 aliphatic heterocycles. The van der Waals surface area contributed by atoms with E-state index < -0.39 is 18.2 Å². The number of carbonyl (C=O) groups is 2. The monoisotopic (exact) mass is 241 g/mol. The number of amides is 1. The molecular formula is C12H19NO4. The van der Waals surface area contributed by atoms with E-state index >= 15 is 0 Å². The lowest BCUT2D eigenvalue weighted by atomic mass is 9.98. The average Bonchev–Trinajstić information content (AvgIpc) is 2.95. The van der Waals surface area contributed by atoms with E-state index in [1.165, 1.54) is 0 Å². The Balaban J connectivity index is 1.86. The molecule has 1 saturated heterocycles. The third-order valence-electron chi connectivity index (χ3n) is 3.63. The molecule has 17 heavy (non-hydrogen) atoms. The number of rotatable bonds is 4. The van der Waals surface area contributed by atoms with Gasteiger partial charge in [0.15, 0.2) is 6.10 Å². The average molecular weight is 241 g/mol. The topological polar surface area (TPSA) is 75.6 Å². The van der Waals surface area contributed by atoms with Gasteiger partial charge in [0.25, 0.3) is 0 Å². The van der Waals surface area contributed by atoms with Crippen molar-refractivity contribution in [3.8, 4) is 0 Å². The second-order valence-electron chi connectivity index (χ2n) is 5.51. The van der Waals surface area contributed by atoms with Crippen molar-refractivity contribution in [1.82, 2.24) is 5.32 Å². The number of hydrogen-bond donors (Lipinski definition) is 2. The van der Waals surface area contributed by atoms with Crippen molar-refractivity contribution in [1.29, 1.82) is 0 Å². The largest absolute Gasteiger partial charge is 0.479 e. The molecule has 5 nitrogen and oxygen atoms in total. The Hall–Kier alpha value is -1.10. The number of carbonyl (C=O) groups excluding carboxylic acids is 1. The molecule has 0 spiro atoms. The van der Waals surface area contributed by atoms with Gasteiger partial charge in [-0.3, -0.25) is 4.79 Å². The van der Waals surface area contributed by atoms with Gasteiger partial charge in [0.05, 0.1) is 0 Å². The number of carboxylic acids is 1. The first-order chi connectivity index (χ1) is 7.90. The van der Waals surface area contributed by atoms with E-state index in [1.807, 2.05) is 13.8 Å². The predicted octanol–water partition coefficient (Wildman–Crippen LogP) is 0.923. The number of hydrogen-bond acceptors (Lipinski definition) is 3. The molecule has 2 aliphatic rings. The Morgan fingerprint density at radius 3 is 2.24 bits per heavy atom. The van der Waals surface area contributed by atoms with Crippen LogP contribution in [0.1, 0.15) is 39.5 Å². The highest BCUT2D eigenvalue weighted by molar-refractivity contribution is 5.83. The van der Waals surface area contributed by atoms with Gasteiger partial charge >= 0.3 is 5.97 Å². The molecule has 1 aliphatic carbocycles. The van der Waals surface area contributed by atoms with Gasteiger partial charge < -0.3 is 15.2 Å². The molecule has 96 valence electrons. The maximum Gasteiger partial charge on any atom is 0.332 e. The third kappa shape index (κ3) is 2.77. The van der Waals surface area contributed by atoms with Gasteiger partial charge in [-0.25, -0.2) is 4.79 Å². The summed E-state index contributed by atoms with van der Waals surface area (Å²) in [6.45, 7) is 4.01. The standard InChI is InChI=1S/C12H19NO4/c1-12(2,7-3-4-7)13-10(14)8-5-6-9(17-8)11(15)16/h7-9H,3-6H2,1-2H3,(H,13,14)(H,15,16). The van der Waals surface area contributed by atoms with Crippen molar-refractivity contribution < 1.29 is 19.4 Å². The van der Waals surface area contributed by atoms with Crippen LogP contribution in [-0.4, -0.2) is 34.7 Å². The van der Waals surface area contributed by atoms with Crippen molar-refractivity contribution in [2.24, 2.45) is 5.92 Å². The van der Waals surface area contributed by atoms with Gasteiger partial charge in [0, 0.05) is 5.54 Å². The first-order valence-electron chi connectivity index (χ1n) is 6.10. The van der Waals surface area contributed by atoms with Gasteiger partial charge in [-0.1, -0.05) is 0 Å². The molecule has 2 rings (SSSR count). The zero-order valence-corrected chi connectivity index (χ0v) is 10.2. The Morgan fingerprint density at radius 2 is 1.76 bits per heavy atom. The molecule has 0 aromatic rings. The summed E-state index contributed by atoms with van der Waals surface area (Å²) in [5, 5.41) is 11.7. The molecule has 0 aromatic carbocycles. The normalized spacial score (nSPS) is 29.1. The summed E-state index contributed by atoms with van der Waals surface area (Å²) in [6, 6.07) is 0. The van der Waals surface area contributed by atoms with Crippen LogP contribution in [0.2, 0.25) is 0 Å². The zero-order chi connectivity index (χ0) is 12.6. The third-order valence-corrected chi connectivity index (χ3v) is 3.63. The summed E-state index contributed by atoms with van der Waals surface area (Å²) >= 11 is 0. The maximum absolute atomic E-state index is 11.9. The molecule has 2 unspecified atom stereocenters. The van der Waals surface area contributed by atoms with Gasteiger partial charge in [-0.05, 0) is 45.4 Å². The molecule has 1 saturated carbocycles. The summed E-state index contributed by atoms with van der Waals surface area (Å²) in [6.07, 6.45) is 1.78.